The second-order valence-electron chi connectivity index (χ2n) is 5.57. The van der Waals surface area contributed by atoms with E-state index in [2.05, 4.69) is 11.8 Å². The standard InChI is InChI=1S/C14H21FN2.ClH/c1-11-3-4-13(15)12(7-11)8-17-6-5-14(2,9-16)10-17;/h3-4,7H,5-6,8-10,16H2,1-2H3;1H. The average molecular weight is 273 g/mol. The summed E-state index contributed by atoms with van der Waals surface area (Å²) in [6.07, 6.45) is 1.11. The average Bonchev–Trinajstić information content (AvgIpc) is 2.67. The lowest BCUT2D eigenvalue weighted by atomic mass is 9.90. The zero-order chi connectivity index (χ0) is 12.5. The summed E-state index contributed by atoms with van der Waals surface area (Å²) in [5.74, 6) is -0.100. The number of hydrogen-bond acceptors (Lipinski definition) is 2. The van der Waals surface area contributed by atoms with Crippen molar-refractivity contribution in [3.63, 3.8) is 0 Å². The first-order chi connectivity index (χ1) is 8.02. The molecule has 0 aromatic heterocycles. The van der Waals surface area contributed by atoms with E-state index in [0.29, 0.717) is 13.1 Å². The maximum atomic E-state index is 13.6. The van der Waals surface area contributed by atoms with Crippen molar-refractivity contribution < 1.29 is 4.39 Å². The Kier molecular flexibility index (Phi) is 5.14. The van der Waals surface area contributed by atoms with Crippen LogP contribution in [-0.2, 0) is 6.54 Å². The van der Waals surface area contributed by atoms with Crippen LogP contribution >= 0.6 is 12.4 Å². The Morgan fingerprint density at radius 3 is 2.78 bits per heavy atom. The van der Waals surface area contributed by atoms with Crippen molar-refractivity contribution in [2.24, 2.45) is 11.1 Å². The fraction of sp³-hybridized carbons (Fsp3) is 0.571. The summed E-state index contributed by atoms with van der Waals surface area (Å²) in [6, 6.07) is 5.31. The smallest absolute Gasteiger partial charge is 0.127 e. The zero-order valence-electron chi connectivity index (χ0n) is 11.1. The molecule has 1 aliphatic heterocycles. The first-order valence-corrected chi connectivity index (χ1v) is 6.20. The summed E-state index contributed by atoms with van der Waals surface area (Å²) in [5.41, 5.74) is 7.90. The van der Waals surface area contributed by atoms with Gasteiger partial charge in [-0.1, -0.05) is 24.6 Å². The van der Waals surface area contributed by atoms with Crippen LogP contribution in [-0.4, -0.2) is 24.5 Å². The molecule has 2 N–H and O–H groups in total. The molecule has 1 aromatic rings. The number of halogens is 2. The number of hydrogen-bond donors (Lipinski definition) is 1. The minimum Gasteiger partial charge on any atom is -0.330 e. The quantitative estimate of drug-likeness (QED) is 0.917. The Hall–Kier alpha value is -0.640. The van der Waals surface area contributed by atoms with E-state index in [1.54, 1.807) is 6.07 Å². The van der Waals surface area contributed by atoms with E-state index in [4.69, 9.17) is 5.73 Å². The van der Waals surface area contributed by atoms with Crippen LogP contribution in [0.1, 0.15) is 24.5 Å². The van der Waals surface area contributed by atoms with Gasteiger partial charge in [-0.25, -0.2) is 4.39 Å². The molecule has 1 aliphatic rings. The van der Waals surface area contributed by atoms with Gasteiger partial charge in [0.25, 0.3) is 0 Å². The van der Waals surface area contributed by atoms with Gasteiger partial charge in [-0.05, 0) is 37.9 Å². The molecular weight excluding hydrogens is 251 g/mol. The molecule has 1 fully saturated rings. The Balaban J connectivity index is 0.00000162. The second kappa shape index (κ2) is 6.00. The second-order valence-corrected chi connectivity index (χ2v) is 5.57. The third-order valence-electron chi connectivity index (χ3n) is 3.72. The Morgan fingerprint density at radius 2 is 2.17 bits per heavy atom. The molecule has 2 nitrogen and oxygen atoms in total. The molecule has 1 heterocycles. The fourth-order valence-corrected chi connectivity index (χ4v) is 2.49. The molecule has 0 radical (unpaired) electrons. The van der Waals surface area contributed by atoms with Crippen LogP contribution in [0.15, 0.2) is 18.2 Å². The van der Waals surface area contributed by atoms with Gasteiger partial charge >= 0.3 is 0 Å². The predicted molar refractivity (Wildman–Crippen MR) is 75.4 cm³/mol. The van der Waals surface area contributed by atoms with Gasteiger partial charge in [-0.2, -0.15) is 0 Å². The van der Waals surface area contributed by atoms with Gasteiger partial charge in [-0.15, -0.1) is 12.4 Å². The lowest BCUT2D eigenvalue weighted by Gasteiger charge is -2.22. The van der Waals surface area contributed by atoms with Gasteiger partial charge in [0.15, 0.2) is 0 Å². The number of nitrogens with two attached hydrogens (primary N) is 1. The van der Waals surface area contributed by atoms with Crippen LogP contribution in [0.25, 0.3) is 0 Å². The van der Waals surface area contributed by atoms with E-state index in [1.807, 2.05) is 19.1 Å². The van der Waals surface area contributed by atoms with E-state index in [1.165, 1.54) is 0 Å². The highest BCUT2D eigenvalue weighted by molar-refractivity contribution is 5.85. The maximum absolute atomic E-state index is 13.6. The minimum atomic E-state index is -0.100. The molecule has 1 aromatic carbocycles. The van der Waals surface area contributed by atoms with E-state index in [-0.39, 0.29) is 23.6 Å². The van der Waals surface area contributed by atoms with E-state index in [9.17, 15) is 4.39 Å². The molecule has 0 aliphatic carbocycles. The van der Waals surface area contributed by atoms with Gasteiger partial charge in [0.1, 0.15) is 5.82 Å². The molecule has 0 spiro atoms. The Labute approximate surface area is 115 Å². The van der Waals surface area contributed by atoms with Crippen LogP contribution in [0.3, 0.4) is 0 Å². The summed E-state index contributed by atoms with van der Waals surface area (Å²) >= 11 is 0. The Morgan fingerprint density at radius 1 is 1.44 bits per heavy atom. The Bertz CT molecular complexity index is 411. The molecule has 1 saturated heterocycles. The van der Waals surface area contributed by atoms with Crippen molar-refractivity contribution in [3.8, 4) is 0 Å². The molecular formula is C14H22ClFN2. The van der Waals surface area contributed by atoms with Crippen molar-refractivity contribution in [2.45, 2.75) is 26.8 Å². The summed E-state index contributed by atoms with van der Waals surface area (Å²) in [5, 5.41) is 0. The summed E-state index contributed by atoms with van der Waals surface area (Å²) in [6.45, 7) is 7.59. The topological polar surface area (TPSA) is 29.3 Å². The van der Waals surface area contributed by atoms with Gasteiger partial charge in [0.2, 0.25) is 0 Å². The highest BCUT2D eigenvalue weighted by Gasteiger charge is 2.32. The molecule has 0 amide bonds. The normalized spacial score (nSPS) is 24.0. The molecule has 0 bridgehead atoms. The van der Waals surface area contributed by atoms with Crippen molar-refractivity contribution in [1.82, 2.24) is 4.90 Å². The summed E-state index contributed by atoms with van der Waals surface area (Å²) in [7, 11) is 0. The lowest BCUT2D eigenvalue weighted by Crippen LogP contribution is -2.31. The van der Waals surface area contributed by atoms with Gasteiger partial charge in [0, 0.05) is 18.7 Å². The molecule has 1 atom stereocenters. The van der Waals surface area contributed by atoms with Crippen molar-refractivity contribution >= 4 is 12.4 Å². The van der Waals surface area contributed by atoms with Crippen LogP contribution in [0.5, 0.6) is 0 Å². The number of aryl methyl sites for hydroxylation is 1. The fourth-order valence-electron chi connectivity index (χ4n) is 2.49. The monoisotopic (exact) mass is 272 g/mol. The first-order valence-electron chi connectivity index (χ1n) is 6.20. The number of benzene rings is 1. The van der Waals surface area contributed by atoms with E-state index >= 15 is 0 Å². The van der Waals surface area contributed by atoms with E-state index < -0.39 is 0 Å². The number of rotatable bonds is 3. The first kappa shape index (κ1) is 15.4. The van der Waals surface area contributed by atoms with Crippen LogP contribution in [0.2, 0.25) is 0 Å². The van der Waals surface area contributed by atoms with E-state index in [0.717, 1.165) is 30.6 Å². The number of likely N-dealkylation sites (tertiary alicyclic amines) is 1. The summed E-state index contributed by atoms with van der Waals surface area (Å²) in [4.78, 5) is 2.30. The van der Waals surface area contributed by atoms with Gasteiger partial charge in [0.05, 0.1) is 0 Å². The molecule has 4 heteroatoms. The maximum Gasteiger partial charge on any atom is 0.127 e. The third-order valence-corrected chi connectivity index (χ3v) is 3.72. The molecule has 18 heavy (non-hydrogen) atoms. The molecule has 102 valence electrons. The minimum absolute atomic E-state index is 0. The van der Waals surface area contributed by atoms with Gasteiger partial charge in [-0.3, -0.25) is 4.90 Å². The van der Waals surface area contributed by atoms with Crippen molar-refractivity contribution in [1.29, 1.82) is 0 Å². The predicted octanol–water partition coefficient (Wildman–Crippen LogP) is 2.73. The van der Waals surface area contributed by atoms with Crippen molar-refractivity contribution in [3.05, 3.63) is 35.1 Å². The van der Waals surface area contributed by atoms with Crippen LogP contribution in [0, 0.1) is 18.2 Å². The van der Waals surface area contributed by atoms with Crippen molar-refractivity contribution in [2.75, 3.05) is 19.6 Å². The SMILES string of the molecule is Cc1ccc(F)c(CN2CCC(C)(CN)C2)c1.Cl. The van der Waals surface area contributed by atoms with Crippen LogP contribution in [0.4, 0.5) is 4.39 Å². The zero-order valence-corrected chi connectivity index (χ0v) is 11.9. The molecule has 1 unspecified atom stereocenters. The lowest BCUT2D eigenvalue weighted by molar-refractivity contribution is 0.271. The highest BCUT2D eigenvalue weighted by Crippen LogP contribution is 2.29. The molecule has 2 rings (SSSR count). The largest absolute Gasteiger partial charge is 0.330 e. The van der Waals surface area contributed by atoms with Gasteiger partial charge < -0.3 is 5.73 Å². The summed E-state index contributed by atoms with van der Waals surface area (Å²) < 4.78 is 13.6. The highest BCUT2D eigenvalue weighted by atomic mass is 35.5. The van der Waals surface area contributed by atoms with Crippen LogP contribution < -0.4 is 5.73 Å². The third kappa shape index (κ3) is 3.44. The molecule has 0 saturated carbocycles. The number of nitrogens with zero attached hydrogens (tertiary/aromatic N) is 1.